The fourth-order valence-corrected chi connectivity index (χ4v) is 3.80. The number of urea groups is 1. The number of non-ortho nitro benzene ring substituents is 1. The molecule has 0 aliphatic carbocycles. The Morgan fingerprint density at radius 1 is 1.11 bits per heavy atom. The standard InChI is InChI=1S/C25H17ClFN3O7/c1-36-21-12-15(11-20(26)22(21)37-13-14-3-2-4-16(27)9-14)10-19-23(31)28-25(33)29(24(19)32)17-5-7-18(8-6-17)30(34)35/h2-12H,13H2,1H3,(H,28,31,33)/b19-10+. The molecule has 188 valence electrons. The molecule has 3 aromatic carbocycles. The quantitative estimate of drug-likeness (QED) is 0.206. The summed E-state index contributed by atoms with van der Waals surface area (Å²) in [7, 11) is 1.37. The van der Waals surface area contributed by atoms with Gasteiger partial charge in [-0.3, -0.25) is 25.0 Å². The molecule has 1 fully saturated rings. The lowest BCUT2D eigenvalue weighted by Crippen LogP contribution is -2.54. The van der Waals surface area contributed by atoms with Crippen LogP contribution in [0.1, 0.15) is 11.1 Å². The van der Waals surface area contributed by atoms with Gasteiger partial charge in [-0.1, -0.05) is 23.7 Å². The fraction of sp³-hybridized carbons (Fsp3) is 0.0800. The van der Waals surface area contributed by atoms with E-state index in [1.165, 1.54) is 49.6 Å². The minimum absolute atomic E-state index is 0.00147. The highest BCUT2D eigenvalue weighted by Crippen LogP contribution is 2.38. The largest absolute Gasteiger partial charge is 0.493 e. The number of anilines is 1. The van der Waals surface area contributed by atoms with Crippen molar-refractivity contribution in [1.29, 1.82) is 0 Å². The topological polar surface area (TPSA) is 128 Å². The number of hydrogen-bond acceptors (Lipinski definition) is 7. The van der Waals surface area contributed by atoms with Gasteiger partial charge in [-0.25, -0.2) is 14.1 Å². The molecule has 10 nitrogen and oxygen atoms in total. The Morgan fingerprint density at radius 3 is 2.49 bits per heavy atom. The number of benzene rings is 3. The number of nitrogens with zero attached hydrogens (tertiary/aromatic N) is 2. The lowest BCUT2D eigenvalue weighted by molar-refractivity contribution is -0.384. The first-order valence-electron chi connectivity index (χ1n) is 10.6. The van der Waals surface area contributed by atoms with E-state index in [4.69, 9.17) is 21.1 Å². The predicted molar refractivity (Wildman–Crippen MR) is 131 cm³/mol. The monoisotopic (exact) mass is 525 g/mol. The SMILES string of the molecule is COc1cc(/C=C2\C(=O)NC(=O)N(c3ccc([N+](=O)[O-])cc3)C2=O)cc(Cl)c1OCc1cccc(F)c1. The molecule has 12 heteroatoms. The summed E-state index contributed by atoms with van der Waals surface area (Å²) in [5, 5.41) is 13.1. The molecule has 0 bridgehead atoms. The molecule has 0 spiro atoms. The van der Waals surface area contributed by atoms with E-state index >= 15 is 0 Å². The van der Waals surface area contributed by atoms with Crippen molar-refractivity contribution in [3.05, 3.63) is 98.3 Å². The average molecular weight is 526 g/mol. The van der Waals surface area contributed by atoms with Gasteiger partial charge < -0.3 is 9.47 Å². The van der Waals surface area contributed by atoms with Crippen LogP contribution in [0.5, 0.6) is 11.5 Å². The zero-order chi connectivity index (χ0) is 26.7. The highest BCUT2D eigenvalue weighted by atomic mass is 35.5. The Bertz CT molecular complexity index is 1460. The second-order valence-corrected chi connectivity index (χ2v) is 8.09. The molecule has 1 aliphatic rings. The minimum atomic E-state index is -1.00. The Kier molecular flexibility index (Phi) is 7.16. The molecule has 0 radical (unpaired) electrons. The second-order valence-electron chi connectivity index (χ2n) is 7.68. The van der Waals surface area contributed by atoms with E-state index in [1.807, 2.05) is 0 Å². The van der Waals surface area contributed by atoms with Crippen molar-refractivity contribution in [3.63, 3.8) is 0 Å². The summed E-state index contributed by atoms with van der Waals surface area (Å²) >= 11 is 6.38. The number of nitrogens with one attached hydrogen (secondary N) is 1. The van der Waals surface area contributed by atoms with Gasteiger partial charge in [-0.2, -0.15) is 0 Å². The number of amides is 4. The Balaban J connectivity index is 1.63. The average Bonchev–Trinajstić information content (AvgIpc) is 2.86. The molecule has 1 aliphatic heterocycles. The smallest absolute Gasteiger partial charge is 0.335 e. The Morgan fingerprint density at radius 2 is 1.84 bits per heavy atom. The summed E-state index contributed by atoms with van der Waals surface area (Å²) in [5.74, 6) is -1.95. The van der Waals surface area contributed by atoms with Gasteiger partial charge in [0.2, 0.25) is 0 Å². The number of methoxy groups -OCH3 is 1. The van der Waals surface area contributed by atoms with E-state index in [-0.39, 0.29) is 45.6 Å². The normalized spacial score (nSPS) is 14.5. The van der Waals surface area contributed by atoms with Crippen molar-refractivity contribution < 1.29 is 33.2 Å². The van der Waals surface area contributed by atoms with Gasteiger partial charge in [0, 0.05) is 12.1 Å². The first-order valence-corrected chi connectivity index (χ1v) is 11.0. The number of nitro groups is 1. The number of rotatable bonds is 7. The van der Waals surface area contributed by atoms with Crippen LogP contribution in [0, 0.1) is 15.9 Å². The molecule has 4 rings (SSSR count). The van der Waals surface area contributed by atoms with Crippen molar-refractivity contribution in [2.75, 3.05) is 12.0 Å². The molecule has 0 saturated carbocycles. The number of hydrogen-bond donors (Lipinski definition) is 1. The summed E-state index contributed by atoms with van der Waals surface area (Å²) in [4.78, 5) is 48.9. The van der Waals surface area contributed by atoms with Crippen LogP contribution in [0.4, 0.5) is 20.6 Å². The van der Waals surface area contributed by atoms with Crippen LogP contribution in [-0.4, -0.2) is 29.9 Å². The molecule has 0 atom stereocenters. The molecular weight excluding hydrogens is 509 g/mol. The minimum Gasteiger partial charge on any atom is -0.493 e. The van der Waals surface area contributed by atoms with Crippen molar-refractivity contribution in [2.24, 2.45) is 0 Å². The van der Waals surface area contributed by atoms with E-state index < -0.39 is 28.6 Å². The van der Waals surface area contributed by atoms with Gasteiger partial charge in [0.25, 0.3) is 17.5 Å². The number of ether oxygens (including phenoxy) is 2. The maximum atomic E-state index is 13.4. The molecule has 1 heterocycles. The molecule has 4 amide bonds. The van der Waals surface area contributed by atoms with Crippen LogP contribution in [0.25, 0.3) is 6.08 Å². The number of imide groups is 2. The second kappa shape index (κ2) is 10.5. The maximum Gasteiger partial charge on any atom is 0.335 e. The van der Waals surface area contributed by atoms with E-state index in [2.05, 4.69) is 5.32 Å². The van der Waals surface area contributed by atoms with E-state index in [1.54, 1.807) is 12.1 Å². The first-order chi connectivity index (χ1) is 17.7. The highest BCUT2D eigenvalue weighted by molar-refractivity contribution is 6.39. The van der Waals surface area contributed by atoms with Crippen LogP contribution in [0.2, 0.25) is 5.02 Å². The summed E-state index contributed by atoms with van der Waals surface area (Å²) < 4.78 is 24.5. The summed E-state index contributed by atoms with van der Waals surface area (Å²) in [6.07, 6.45) is 1.22. The number of halogens is 2. The van der Waals surface area contributed by atoms with Crippen molar-refractivity contribution >= 4 is 46.9 Å². The third kappa shape index (κ3) is 5.41. The summed E-state index contributed by atoms with van der Waals surface area (Å²) in [6, 6.07) is 12.4. The van der Waals surface area contributed by atoms with Crippen molar-refractivity contribution in [1.82, 2.24) is 5.32 Å². The predicted octanol–water partition coefficient (Wildman–Crippen LogP) is 4.64. The molecule has 0 unspecified atom stereocenters. The van der Waals surface area contributed by atoms with Gasteiger partial charge in [0.05, 0.1) is 22.7 Å². The van der Waals surface area contributed by atoms with E-state index in [9.17, 15) is 28.9 Å². The molecule has 37 heavy (non-hydrogen) atoms. The van der Waals surface area contributed by atoms with Crippen LogP contribution in [0.15, 0.2) is 66.2 Å². The number of nitro benzene ring substituents is 1. The summed E-state index contributed by atoms with van der Waals surface area (Å²) in [6.45, 7) is 0.00147. The first kappa shape index (κ1) is 25.3. The fourth-order valence-electron chi connectivity index (χ4n) is 3.53. The highest BCUT2D eigenvalue weighted by Gasteiger charge is 2.37. The Labute approximate surface area is 214 Å². The Hall–Kier alpha value is -4.77. The van der Waals surface area contributed by atoms with Crippen LogP contribution in [-0.2, 0) is 16.2 Å². The van der Waals surface area contributed by atoms with Gasteiger partial charge in [-0.15, -0.1) is 0 Å². The molecule has 1 saturated heterocycles. The lowest BCUT2D eigenvalue weighted by Gasteiger charge is -2.26. The maximum absolute atomic E-state index is 13.4. The molecule has 3 aromatic rings. The number of barbiturate groups is 1. The van der Waals surface area contributed by atoms with Gasteiger partial charge in [-0.05, 0) is 53.6 Å². The third-order valence-corrected chi connectivity index (χ3v) is 5.54. The van der Waals surface area contributed by atoms with Crippen LogP contribution >= 0.6 is 11.6 Å². The third-order valence-electron chi connectivity index (χ3n) is 5.26. The number of carbonyl (C=O) groups excluding carboxylic acids is 3. The van der Waals surface area contributed by atoms with Gasteiger partial charge in [0.15, 0.2) is 11.5 Å². The molecular formula is C25H17ClFN3O7. The van der Waals surface area contributed by atoms with Crippen molar-refractivity contribution in [2.45, 2.75) is 6.61 Å². The molecule has 0 aromatic heterocycles. The van der Waals surface area contributed by atoms with Gasteiger partial charge >= 0.3 is 6.03 Å². The van der Waals surface area contributed by atoms with E-state index in [0.29, 0.717) is 10.5 Å². The van der Waals surface area contributed by atoms with Crippen LogP contribution < -0.4 is 19.7 Å². The van der Waals surface area contributed by atoms with E-state index in [0.717, 1.165) is 12.1 Å². The summed E-state index contributed by atoms with van der Waals surface area (Å²) in [5.41, 5.74) is 0.260. The van der Waals surface area contributed by atoms with Crippen LogP contribution in [0.3, 0.4) is 0 Å². The lowest BCUT2D eigenvalue weighted by atomic mass is 10.1. The zero-order valence-electron chi connectivity index (χ0n) is 19.1. The zero-order valence-corrected chi connectivity index (χ0v) is 19.8. The number of carbonyl (C=O) groups is 3. The van der Waals surface area contributed by atoms with Gasteiger partial charge in [0.1, 0.15) is 18.0 Å². The van der Waals surface area contributed by atoms with Crippen molar-refractivity contribution in [3.8, 4) is 11.5 Å². The molecule has 1 N–H and O–H groups in total.